The zero-order valence-electron chi connectivity index (χ0n) is 23.1. The summed E-state index contributed by atoms with van der Waals surface area (Å²) in [5.41, 5.74) is 0. The lowest BCUT2D eigenvalue weighted by Crippen LogP contribution is -2.67. The smallest absolute Gasteiger partial charge is 0.303 e. The molecule has 2 N–H and O–H groups in total. The van der Waals surface area contributed by atoms with Crippen molar-refractivity contribution < 1.29 is 42.9 Å². The summed E-state index contributed by atoms with van der Waals surface area (Å²) in [6, 6.07) is 0.483. The predicted molar refractivity (Wildman–Crippen MR) is 142 cm³/mol. The van der Waals surface area contributed by atoms with Crippen LogP contribution in [-0.4, -0.2) is 96.3 Å². The van der Waals surface area contributed by atoms with Gasteiger partial charge in [0, 0.05) is 39.8 Å². The number of likely N-dealkylation sites (tertiary alicyclic amines) is 1. The highest BCUT2D eigenvalue weighted by molar-refractivity contribution is 7.80. The Morgan fingerprint density at radius 2 is 1.36 bits per heavy atom. The Labute approximate surface area is 234 Å². The molecule has 12 nitrogen and oxygen atoms in total. The minimum Gasteiger partial charge on any atom is -0.463 e. The average Bonchev–Trinajstić information content (AvgIpc) is 2.86. The second-order valence-corrected chi connectivity index (χ2v) is 10.7. The summed E-state index contributed by atoms with van der Waals surface area (Å²) in [6.07, 6.45) is 2.12. The van der Waals surface area contributed by atoms with Crippen LogP contribution in [0.3, 0.4) is 0 Å². The van der Waals surface area contributed by atoms with E-state index in [2.05, 4.69) is 15.5 Å². The number of esters is 4. The Balaban J connectivity index is 1.81. The second-order valence-electron chi connectivity index (χ2n) is 10.3. The molecule has 0 aromatic heterocycles. The fourth-order valence-electron chi connectivity index (χ4n) is 5.65. The van der Waals surface area contributed by atoms with Crippen LogP contribution in [0.2, 0.25) is 0 Å². The molecule has 220 valence electrons. The largest absolute Gasteiger partial charge is 0.463 e. The summed E-state index contributed by atoms with van der Waals surface area (Å²) in [6.45, 7) is 6.65. The lowest BCUT2D eigenvalue weighted by atomic mass is 9.88. The number of nitrogens with zero attached hydrogens (tertiary/aromatic N) is 1. The minimum absolute atomic E-state index is 0.127. The summed E-state index contributed by atoms with van der Waals surface area (Å²) in [7, 11) is 0. The van der Waals surface area contributed by atoms with Gasteiger partial charge in [-0.3, -0.25) is 24.1 Å². The normalized spacial score (nSPS) is 31.3. The van der Waals surface area contributed by atoms with Crippen LogP contribution in [0.1, 0.15) is 72.6 Å². The first-order valence-electron chi connectivity index (χ1n) is 13.7. The number of hydrogen-bond acceptors (Lipinski definition) is 11. The molecule has 0 unspecified atom stereocenters. The molecule has 0 aromatic rings. The second kappa shape index (κ2) is 14.8. The van der Waals surface area contributed by atoms with Crippen molar-refractivity contribution in [2.24, 2.45) is 0 Å². The fraction of sp³-hybridized carbons (Fsp3) is 0.808. The van der Waals surface area contributed by atoms with E-state index in [4.69, 9.17) is 35.9 Å². The van der Waals surface area contributed by atoms with Crippen LogP contribution < -0.4 is 10.6 Å². The third-order valence-corrected chi connectivity index (χ3v) is 7.41. The maximum absolute atomic E-state index is 12.1. The van der Waals surface area contributed by atoms with Crippen molar-refractivity contribution in [3.63, 3.8) is 0 Å². The zero-order valence-corrected chi connectivity index (χ0v) is 24.0. The van der Waals surface area contributed by atoms with Gasteiger partial charge in [-0.05, 0) is 51.0 Å². The van der Waals surface area contributed by atoms with Crippen LogP contribution in [0.25, 0.3) is 0 Å². The maximum atomic E-state index is 12.1. The van der Waals surface area contributed by atoms with Crippen molar-refractivity contribution >= 4 is 41.2 Å². The topological polar surface area (TPSA) is 142 Å². The molecule has 1 saturated carbocycles. The van der Waals surface area contributed by atoms with Gasteiger partial charge in [-0.1, -0.05) is 19.3 Å². The van der Waals surface area contributed by atoms with Gasteiger partial charge in [0.2, 0.25) is 0 Å². The number of ether oxygens (including phenoxy) is 5. The summed E-state index contributed by atoms with van der Waals surface area (Å²) in [5.74, 6) is -2.61. The molecule has 0 bridgehead atoms. The SMILES string of the molecule is CC(=O)OC[C@H]1O[C@@H](NC(=S)N[C@@H]2CCCC[C@H]2N2CCCCC2)[C@H](OC(C)=O)[C@@H](OC(C)=O)[C@@H]1OC(C)=O. The number of nitrogens with one attached hydrogen (secondary N) is 2. The van der Waals surface area contributed by atoms with Crippen molar-refractivity contribution in [1.82, 2.24) is 15.5 Å². The Bertz CT molecular complexity index is 898. The molecule has 2 aliphatic heterocycles. The van der Waals surface area contributed by atoms with E-state index in [1.54, 1.807) is 0 Å². The molecule has 3 aliphatic rings. The lowest BCUT2D eigenvalue weighted by Gasteiger charge is -2.45. The van der Waals surface area contributed by atoms with Crippen LogP contribution in [0.15, 0.2) is 0 Å². The number of hydrogen-bond donors (Lipinski definition) is 2. The highest BCUT2D eigenvalue weighted by Gasteiger charge is 2.52. The first-order chi connectivity index (χ1) is 18.5. The number of carbonyl (C=O) groups is 4. The highest BCUT2D eigenvalue weighted by Crippen LogP contribution is 2.29. The number of carbonyl (C=O) groups excluding carboxylic acids is 4. The zero-order chi connectivity index (χ0) is 28.5. The molecule has 3 fully saturated rings. The Morgan fingerprint density at radius 1 is 0.769 bits per heavy atom. The van der Waals surface area contributed by atoms with Gasteiger partial charge in [-0.15, -0.1) is 0 Å². The molecule has 0 amide bonds. The van der Waals surface area contributed by atoms with E-state index in [1.807, 2.05) is 0 Å². The number of rotatable bonds is 8. The van der Waals surface area contributed by atoms with E-state index >= 15 is 0 Å². The van der Waals surface area contributed by atoms with Crippen molar-refractivity contribution in [1.29, 1.82) is 0 Å². The van der Waals surface area contributed by atoms with Crippen LogP contribution in [-0.2, 0) is 42.9 Å². The summed E-state index contributed by atoms with van der Waals surface area (Å²) < 4.78 is 27.7. The Kier molecular flexibility index (Phi) is 11.7. The van der Waals surface area contributed by atoms with Crippen molar-refractivity contribution in [3.8, 4) is 0 Å². The summed E-state index contributed by atoms with van der Waals surface area (Å²) in [4.78, 5) is 50.1. The molecule has 7 atom stereocenters. The number of piperidine rings is 1. The molecule has 13 heteroatoms. The third-order valence-electron chi connectivity index (χ3n) is 7.17. The summed E-state index contributed by atoms with van der Waals surface area (Å²) in [5, 5.41) is 6.78. The fourth-order valence-corrected chi connectivity index (χ4v) is 5.92. The lowest BCUT2D eigenvalue weighted by molar-refractivity contribution is -0.255. The van der Waals surface area contributed by atoms with E-state index in [0.29, 0.717) is 6.04 Å². The van der Waals surface area contributed by atoms with Gasteiger partial charge in [0.15, 0.2) is 29.7 Å². The van der Waals surface area contributed by atoms with E-state index in [0.717, 1.165) is 32.4 Å². The molecule has 3 rings (SSSR count). The molecule has 2 heterocycles. The maximum Gasteiger partial charge on any atom is 0.303 e. The van der Waals surface area contributed by atoms with E-state index < -0.39 is 54.5 Å². The van der Waals surface area contributed by atoms with Gasteiger partial charge in [0.05, 0.1) is 0 Å². The van der Waals surface area contributed by atoms with Gasteiger partial charge in [-0.2, -0.15) is 0 Å². The quantitative estimate of drug-likeness (QED) is 0.246. The Morgan fingerprint density at radius 3 is 1.97 bits per heavy atom. The molecule has 0 spiro atoms. The van der Waals surface area contributed by atoms with E-state index in [1.165, 1.54) is 53.4 Å². The standard InChI is InChI=1S/C26H41N3O9S/c1-15(30)34-14-21-22(35-16(2)31)23(36-17(3)32)24(37-18(4)33)25(38-21)28-26(39)27-19-10-6-7-11-20(19)29-12-8-5-9-13-29/h19-25H,5-14H2,1-4H3,(H2,27,28,39)/t19-,20-,21-,22-,23+,24-,25-/m1/s1. The third kappa shape index (κ3) is 9.28. The van der Waals surface area contributed by atoms with Crippen molar-refractivity contribution in [2.75, 3.05) is 19.7 Å². The molecular formula is C26H41N3O9S. The van der Waals surface area contributed by atoms with Crippen LogP contribution in [0.5, 0.6) is 0 Å². The van der Waals surface area contributed by atoms with Crippen LogP contribution in [0, 0.1) is 0 Å². The van der Waals surface area contributed by atoms with Crippen LogP contribution in [0.4, 0.5) is 0 Å². The van der Waals surface area contributed by atoms with Gasteiger partial charge in [0.1, 0.15) is 12.7 Å². The van der Waals surface area contributed by atoms with Gasteiger partial charge in [-0.25, -0.2) is 0 Å². The first kappa shape index (κ1) is 31.0. The van der Waals surface area contributed by atoms with Crippen LogP contribution >= 0.6 is 12.2 Å². The average molecular weight is 572 g/mol. The van der Waals surface area contributed by atoms with Gasteiger partial charge in [0.25, 0.3) is 0 Å². The first-order valence-corrected chi connectivity index (χ1v) is 14.1. The molecule has 2 saturated heterocycles. The number of thiocarbonyl (C=S) groups is 1. The predicted octanol–water partition coefficient (Wildman–Crippen LogP) is 1.33. The summed E-state index contributed by atoms with van der Waals surface area (Å²) >= 11 is 5.67. The highest BCUT2D eigenvalue weighted by atomic mass is 32.1. The Hall–Kier alpha value is -2.51. The molecular weight excluding hydrogens is 530 g/mol. The van der Waals surface area contributed by atoms with Crippen molar-refractivity contribution in [3.05, 3.63) is 0 Å². The molecule has 1 aliphatic carbocycles. The minimum atomic E-state index is -1.25. The van der Waals surface area contributed by atoms with E-state index in [-0.39, 0.29) is 17.8 Å². The van der Waals surface area contributed by atoms with E-state index in [9.17, 15) is 19.2 Å². The molecule has 0 aromatic carbocycles. The van der Waals surface area contributed by atoms with Gasteiger partial charge >= 0.3 is 23.9 Å². The van der Waals surface area contributed by atoms with Crippen molar-refractivity contribution in [2.45, 2.75) is 115 Å². The van der Waals surface area contributed by atoms with Gasteiger partial charge < -0.3 is 34.3 Å². The molecule has 0 radical (unpaired) electrons. The monoisotopic (exact) mass is 571 g/mol. The molecule has 39 heavy (non-hydrogen) atoms.